The summed E-state index contributed by atoms with van der Waals surface area (Å²) in [6, 6.07) is 4.10. The number of rotatable bonds is 4. The standard InChI is InChI=1S/C11H13ClN2O3S/c1-3-7-14(2)11(15)10-8(12)5-4-6-9(10)18(13,16)17/h3-6H,1,7H2,2H3,(H2,13,16,17). The van der Waals surface area contributed by atoms with E-state index in [1.807, 2.05) is 0 Å². The Kier molecular flexibility index (Phi) is 4.50. The molecule has 0 aliphatic carbocycles. The molecule has 0 unspecified atom stereocenters. The minimum absolute atomic E-state index is 0.0439. The Morgan fingerprint density at radius 1 is 1.56 bits per heavy atom. The van der Waals surface area contributed by atoms with Gasteiger partial charge in [0.2, 0.25) is 10.0 Å². The lowest BCUT2D eigenvalue weighted by Gasteiger charge is -2.17. The van der Waals surface area contributed by atoms with Gasteiger partial charge in [-0.3, -0.25) is 4.79 Å². The van der Waals surface area contributed by atoms with Crippen LogP contribution in [0.2, 0.25) is 5.02 Å². The molecular formula is C11H13ClN2O3S. The van der Waals surface area contributed by atoms with Gasteiger partial charge in [0.15, 0.2) is 0 Å². The van der Waals surface area contributed by atoms with E-state index in [4.69, 9.17) is 16.7 Å². The molecule has 1 aromatic carbocycles. The van der Waals surface area contributed by atoms with Crippen molar-refractivity contribution in [1.29, 1.82) is 0 Å². The van der Waals surface area contributed by atoms with Crippen molar-refractivity contribution in [3.05, 3.63) is 41.4 Å². The number of likely N-dealkylation sites (N-methyl/N-ethyl adjacent to an activating group) is 1. The van der Waals surface area contributed by atoms with Crippen molar-refractivity contribution < 1.29 is 13.2 Å². The summed E-state index contributed by atoms with van der Waals surface area (Å²) in [6.07, 6.45) is 1.52. The molecule has 0 bridgehead atoms. The second kappa shape index (κ2) is 5.51. The van der Waals surface area contributed by atoms with E-state index >= 15 is 0 Å². The Morgan fingerprint density at radius 2 is 2.17 bits per heavy atom. The van der Waals surface area contributed by atoms with Crippen LogP contribution >= 0.6 is 11.6 Å². The number of carbonyl (C=O) groups excluding carboxylic acids is 1. The molecule has 7 heteroatoms. The van der Waals surface area contributed by atoms with E-state index in [1.165, 1.54) is 36.2 Å². The fourth-order valence-corrected chi connectivity index (χ4v) is 2.48. The highest BCUT2D eigenvalue weighted by Gasteiger charge is 2.24. The Balaban J connectivity index is 3.40. The summed E-state index contributed by atoms with van der Waals surface area (Å²) in [5.74, 6) is -0.524. The molecule has 1 amide bonds. The highest BCUT2D eigenvalue weighted by molar-refractivity contribution is 7.89. The normalized spacial score (nSPS) is 11.1. The van der Waals surface area contributed by atoms with Gasteiger partial charge in [-0.25, -0.2) is 13.6 Å². The van der Waals surface area contributed by atoms with E-state index in [9.17, 15) is 13.2 Å². The molecule has 0 spiro atoms. The van der Waals surface area contributed by atoms with Gasteiger partial charge in [0.05, 0.1) is 15.5 Å². The number of carbonyl (C=O) groups is 1. The maximum absolute atomic E-state index is 12.1. The molecule has 2 N–H and O–H groups in total. The Morgan fingerprint density at radius 3 is 2.67 bits per heavy atom. The van der Waals surface area contributed by atoms with Gasteiger partial charge >= 0.3 is 0 Å². The van der Waals surface area contributed by atoms with Crippen molar-refractivity contribution in [3.8, 4) is 0 Å². The van der Waals surface area contributed by atoms with Gasteiger partial charge < -0.3 is 4.90 Å². The molecule has 18 heavy (non-hydrogen) atoms. The predicted octanol–water partition coefficient (Wildman–Crippen LogP) is 1.25. The third kappa shape index (κ3) is 3.10. The molecule has 98 valence electrons. The Labute approximate surface area is 111 Å². The van der Waals surface area contributed by atoms with Crippen LogP contribution in [0.4, 0.5) is 0 Å². The molecule has 0 aromatic heterocycles. The number of nitrogens with zero attached hydrogens (tertiary/aromatic N) is 1. The molecule has 0 radical (unpaired) electrons. The lowest BCUT2D eigenvalue weighted by Crippen LogP contribution is -2.29. The maximum atomic E-state index is 12.1. The number of hydrogen-bond acceptors (Lipinski definition) is 3. The van der Waals surface area contributed by atoms with Gasteiger partial charge in [0.1, 0.15) is 0 Å². The average molecular weight is 289 g/mol. The number of benzene rings is 1. The summed E-state index contributed by atoms with van der Waals surface area (Å²) in [7, 11) is -2.49. The van der Waals surface area contributed by atoms with E-state index in [0.717, 1.165) is 0 Å². The Hall–Kier alpha value is -1.37. The molecule has 0 saturated carbocycles. The van der Waals surface area contributed by atoms with Crippen molar-refractivity contribution >= 4 is 27.5 Å². The zero-order valence-electron chi connectivity index (χ0n) is 9.76. The van der Waals surface area contributed by atoms with Crippen LogP contribution in [-0.2, 0) is 10.0 Å². The SMILES string of the molecule is C=CCN(C)C(=O)c1c(Cl)cccc1S(N)(=O)=O. The average Bonchev–Trinajstić information content (AvgIpc) is 2.27. The van der Waals surface area contributed by atoms with Gasteiger partial charge in [-0.05, 0) is 12.1 Å². The monoisotopic (exact) mass is 288 g/mol. The third-order valence-electron chi connectivity index (χ3n) is 2.25. The van der Waals surface area contributed by atoms with E-state index < -0.39 is 15.9 Å². The summed E-state index contributed by atoms with van der Waals surface area (Å²) in [4.78, 5) is 13.1. The van der Waals surface area contributed by atoms with Crippen LogP contribution in [0.25, 0.3) is 0 Å². The topological polar surface area (TPSA) is 80.5 Å². The highest BCUT2D eigenvalue weighted by atomic mass is 35.5. The molecule has 0 fully saturated rings. The van der Waals surface area contributed by atoms with Crippen LogP contribution in [0.3, 0.4) is 0 Å². The van der Waals surface area contributed by atoms with Crippen molar-refractivity contribution in [1.82, 2.24) is 4.90 Å². The first-order chi connectivity index (χ1) is 8.29. The second-order valence-corrected chi connectivity index (χ2v) is 5.57. The minimum Gasteiger partial charge on any atom is -0.338 e. The Bertz CT molecular complexity index is 584. The third-order valence-corrected chi connectivity index (χ3v) is 3.51. The maximum Gasteiger partial charge on any atom is 0.256 e. The second-order valence-electron chi connectivity index (χ2n) is 3.63. The molecule has 1 aromatic rings. The number of hydrogen-bond donors (Lipinski definition) is 1. The molecule has 0 heterocycles. The number of amides is 1. The fourth-order valence-electron chi connectivity index (χ4n) is 1.42. The summed E-state index contributed by atoms with van der Waals surface area (Å²) in [5.41, 5.74) is -0.119. The van der Waals surface area contributed by atoms with Crippen LogP contribution in [-0.4, -0.2) is 32.8 Å². The zero-order valence-corrected chi connectivity index (χ0v) is 11.3. The largest absolute Gasteiger partial charge is 0.338 e. The first kappa shape index (κ1) is 14.7. The molecule has 1 rings (SSSR count). The zero-order chi connectivity index (χ0) is 13.9. The van der Waals surface area contributed by atoms with Crippen LogP contribution < -0.4 is 5.14 Å². The molecule has 0 aliphatic rings. The first-order valence-electron chi connectivity index (χ1n) is 4.96. The van der Waals surface area contributed by atoms with E-state index in [2.05, 4.69) is 6.58 Å². The summed E-state index contributed by atoms with van der Waals surface area (Å²) in [5, 5.41) is 5.10. The molecular weight excluding hydrogens is 276 g/mol. The van der Waals surface area contributed by atoms with E-state index in [1.54, 1.807) is 0 Å². The van der Waals surface area contributed by atoms with Gasteiger partial charge in [0.25, 0.3) is 5.91 Å². The lowest BCUT2D eigenvalue weighted by atomic mass is 10.2. The van der Waals surface area contributed by atoms with Gasteiger partial charge in [-0.15, -0.1) is 6.58 Å². The summed E-state index contributed by atoms with van der Waals surface area (Å²) in [6.45, 7) is 3.77. The van der Waals surface area contributed by atoms with E-state index in [0.29, 0.717) is 0 Å². The molecule has 0 aliphatic heterocycles. The number of nitrogens with two attached hydrogens (primary N) is 1. The summed E-state index contributed by atoms with van der Waals surface area (Å²) < 4.78 is 22.8. The highest BCUT2D eigenvalue weighted by Crippen LogP contribution is 2.24. The number of sulfonamides is 1. The van der Waals surface area contributed by atoms with Crippen LogP contribution in [0.1, 0.15) is 10.4 Å². The lowest BCUT2D eigenvalue weighted by molar-refractivity contribution is 0.0806. The van der Waals surface area contributed by atoms with Crippen LogP contribution in [0.15, 0.2) is 35.7 Å². The van der Waals surface area contributed by atoms with Gasteiger partial charge in [0, 0.05) is 13.6 Å². The van der Waals surface area contributed by atoms with E-state index in [-0.39, 0.29) is 22.0 Å². The quantitative estimate of drug-likeness (QED) is 0.847. The molecule has 0 atom stereocenters. The smallest absolute Gasteiger partial charge is 0.256 e. The van der Waals surface area contributed by atoms with Crippen LogP contribution in [0, 0.1) is 0 Å². The fraction of sp³-hybridized carbons (Fsp3) is 0.182. The van der Waals surface area contributed by atoms with Crippen molar-refractivity contribution in [3.63, 3.8) is 0 Å². The molecule has 0 saturated heterocycles. The molecule has 5 nitrogen and oxygen atoms in total. The summed E-state index contributed by atoms with van der Waals surface area (Å²) >= 11 is 5.88. The number of halogens is 1. The minimum atomic E-state index is -4.01. The number of primary sulfonamides is 1. The van der Waals surface area contributed by atoms with Crippen molar-refractivity contribution in [2.75, 3.05) is 13.6 Å². The van der Waals surface area contributed by atoms with Crippen molar-refractivity contribution in [2.24, 2.45) is 5.14 Å². The van der Waals surface area contributed by atoms with Gasteiger partial charge in [-0.2, -0.15) is 0 Å². The van der Waals surface area contributed by atoms with Crippen molar-refractivity contribution in [2.45, 2.75) is 4.90 Å². The van der Waals surface area contributed by atoms with Crippen LogP contribution in [0.5, 0.6) is 0 Å². The van der Waals surface area contributed by atoms with Gasteiger partial charge in [-0.1, -0.05) is 23.7 Å². The first-order valence-corrected chi connectivity index (χ1v) is 6.89. The predicted molar refractivity (Wildman–Crippen MR) is 70.0 cm³/mol.